The van der Waals surface area contributed by atoms with Crippen molar-refractivity contribution in [1.29, 1.82) is 0 Å². The van der Waals surface area contributed by atoms with E-state index in [1.54, 1.807) is 4.90 Å². The highest BCUT2D eigenvalue weighted by Gasteiger charge is 2.24. The van der Waals surface area contributed by atoms with Crippen molar-refractivity contribution in [3.05, 3.63) is 29.8 Å². The summed E-state index contributed by atoms with van der Waals surface area (Å²) in [6.07, 6.45) is 5.95. The zero-order chi connectivity index (χ0) is 16.9. The molecule has 0 aliphatic carbocycles. The Kier molecular flexibility index (Phi) is 5.77. The zero-order valence-corrected chi connectivity index (χ0v) is 13.8. The number of amides is 1. The van der Waals surface area contributed by atoms with Crippen LogP contribution in [0.1, 0.15) is 23.7 Å². The number of carbonyl (C=O) groups excluding carboxylic acids is 1. The first-order chi connectivity index (χ1) is 11.0. The maximum atomic E-state index is 12.5. The third-order valence-corrected chi connectivity index (χ3v) is 5.07. The molecule has 124 valence electrons. The van der Waals surface area contributed by atoms with Crippen LogP contribution in [0.25, 0.3) is 0 Å². The summed E-state index contributed by atoms with van der Waals surface area (Å²) in [5.74, 6) is 2.09. The van der Waals surface area contributed by atoms with Gasteiger partial charge in [0.2, 0.25) is 10.0 Å². The molecule has 1 aromatic rings. The Morgan fingerprint density at radius 3 is 2.74 bits per heavy atom. The van der Waals surface area contributed by atoms with Gasteiger partial charge in [-0.05, 0) is 30.7 Å². The number of benzene rings is 1. The second-order valence-electron chi connectivity index (χ2n) is 5.21. The first kappa shape index (κ1) is 17.5. The number of ether oxygens (including phenoxy) is 1. The molecule has 0 saturated carbocycles. The smallest absolute Gasteiger partial charge is 0.254 e. The van der Waals surface area contributed by atoms with Crippen LogP contribution in [0.15, 0.2) is 29.2 Å². The van der Waals surface area contributed by atoms with Gasteiger partial charge in [0.15, 0.2) is 0 Å². The Labute approximate surface area is 136 Å². The number of nitrogens with one attached hydrogen (secondary N) is 1. The van der Waals surface area contributed by atoms with Gasteiger partial charge in [0.05, 0.1) is 24.2 Å². The average Bonchev–Trinajstić information content (AvgIpc) is 2.59. The van der Waals surface area contributed by atoms with E-state index in [1.807, 2.05) is 6.92 Å². The molecule has 1 atom stereocenters. The number of hydrogen-bond acceptors (Lipinski definition) is 4. The third-order valence-electron chi connectivity index (χ3n) is 3.66. The van der Waals surface area contributed by atoms with Crippen molar-refractivity contribution in [2.75, 3.05) is 26.2 Å². The summed E-state index contributed by atoms with van der Waals surface area (Å²) in [7, 11) is -3.64. The second-order valence-corrected chi connectivity index (χ2v) is 6.97. The predicted molar refractivity (Wildman–Crippen MR) is 86.4 cm³/mol. The van der Waals surface area contributed by atoms with Crippen molar-refractivity contribution >= 4 is 15.9 Å². The lowest BCUT2D eigenvalue weighted by atomic mass is 10.1. The first-order valence-electron chi connectivity index (χ1n) is 7.42. The number of carbonyl (C=O) groups is 1. The van der Waals surface area contributed by atoms with Crippen LogP contribution in [0.2, 0.25) is 0 Å². The molecule has 0 bridgehead atoms. The summed E-state index contributed by atoms with van der Waals surface area (Å²) in [6, 6.07) is 5.85. The highest BCUT2D eigenvalue weighted by Crippen LogP contribution is 2.15. The van der Waals surface area contributed by atoms with Gasteiger partial charge in [-0.25, -0.2) is 8.42 Å². The monoisotopic (exact) mass is 336 g/mol. The van der Waals surface area contributed by atoms with Crippen LogP contribution in [0, 0.1) is 12.3 Å². The summed E-state index contributed by atoms with van der Waals surface area (Å²) in [4.78, 5) is 14.3. The maximum absolute atomic E-state index is 12.5. The fraction of sp³-hybridized carbons (Fsp3) is 0.438. The van der Waals surface area contributed by atoms with Crippen molar-refractivity contribution in [3.63, 3.8) is 0 Å². The van der Waals surface area contributed by atoms with E-state index in [0.717, 1.165) is 6.42 Å². The van der Waals surface area contributed by atoms with E-state index in [0.29, 0.717) is 25.3 Å². The highest BCUT2D eigenvalue weighted by atomic mass is 32.2. The minimum absolute atomic E-state index is 0.0558. The molecule has 1 aromatic carbocycles. The normalized spacial score (nSPS) is 18.4. The topological polar surface area (TPSA) is 75.7 Å². The first-order valence-corrected chi connectivity index (χ1v) is 8.90. The molecular formula is C16H20N2O4S. The maximum Gasteiger partial charge on any atom is 0.254 e. The van der Waals surface area contributed by atoms with E-state index in [4.69, 9.17) is 11.2 Å². The number of hydrogen-bond donors (Lipinski definition) is 1. The Hall–Kier alpha value is -1.88. The van der Waals surface area contributed by atoms with Gasteiger partial charge in [-0.2, -0.15) is 4.72 Å². The predicted octanol–water partition coefficient (Wildman–Crippen LogP) is 0.849. The SMILES string of the molecule is C#CCNS(=O)(=O)c1ccc(C(=O)N2CCOC(CC)C2)cc1. The van der Waals surface area contributed by atoms with Gasteiger partial charge in [0.25, 0.3) is 5.91 Å². The van der Waals surface area contributed by atoms with Crippen LogP contribution in [0.4, 0.5) is 0 Å². The van der Waals surface area contributed by atoms with Gasteiger partial charge < -0.3 is 9.64 Å². The molecule has 1 unspecified atom stereocenters. The lowest BCUT2D eigenvalue weighted by Crippen LogP contribution is -2.45. The summed E-state index contributed by atoms with van der Waals surface area (Å²) in [6.45, 7) is 3.56. The van der Waals surface area contributed by atoms with Gasteiger partial charge in [-0.1, -0.05) is 12.8 Å². The molecule has 1 aliphatic heterocycles. The highest BCUT2D eigenvalue weighted by molar-refractivity contribution is 7.89. The van der Waals surface area contributed by atoms with E-state index in [2.05, 4.69) is 10.6 Å². The standard InChI is InChI=1S/C16H20N2O4S/c1-3-9-17-23(20,21)15-7-5-13(6-8-15)16(19)18-10-11-22-14(4-2)12-18/h1,5-8,14,17H,4,9-12H2,2H3. The van der Waals surface area contributed by atoms with Gasteiger partial charge in [0.1, 0.15) is 0 Å². The van der Waals surface area contributed by atoms with Crippen molar-refractivity contribution in [1.82, 2.24) is 9.62 Å². The van der Waals surface area contributed by atoms with Crippen LogP contribution in [-0.4, -0.2) is 51.6 Å². The molecule has 1 heterocycles. The number of nitrogens with zero attached hydrogens (tertiary/aromatic N) is 1. The lowest BCUT2D eigenvalue weighted by molar-refractivity contribution is -0.0226. The molecular weight excluding hydrogens is 316 g/mol. The molecule has 1 aliphatic rings. The minimum Gasteiger partial charge on any atom is -0.375 e. The molecule has 1 saturated heterocycles. The van der Waals surface area contributed by atoms with Crippen LogP contribution < -0.4 is 4.72 Å². The molecule has 0 aromatic heterocycles. The van der Waals surface area contributed by atoms with E-state index in [9.17, 15) is 13.2 Å². The molecule has 1 N–H and O–H groups in total. The largest absolute Gasteiger partial charge is 0.375 e. The van der Waals surface area contributed by atoms with Gasteiger partial charge >= 0.3 is 0 Å². The van der Waals surface area contributed by atoms with Crippen molar-refractivity contribution < 1.29 is 17.9 Å². The minimum atomic E-state index is -3.64. The van der Waals surface area contributed by atoms with Crippen molar-refractivity contribution in [3.8, 4) is 12.3 Å². The molecule has 23 heavy (non-hydrogen) atoms. The van der Waals surface area contributed by atoms with Crippen LogP contribution in [-0.2, 0) is 14.8 Å². The third kappa shape index (κ3) is 4.32. The van der Waals surface area contributed by atoms with Crippen LogP contribution in [0.5, 0.6) is 0 Å². The van der Waals surface area contributed by atoms with Crippen LogP contribution >= 0.6 is 0 Å². The Morgan fingerprint density at radius 1 is 1.43 bits per heavy atom. The van der Waals surface area contributed by atoms with E-state index < -0.39 is 10.0 Å². The molecule has 2 rings (SSSR count). The van der Waals surface area contributed by atoms with E-state index >= 15 is 0 Å². The van der Waals surface area contributed by atoms with Crippen LogP contribution in [0.3, 0.4) is 0 Å². The number of terminal acetylenes is 1. The zero-order valence-electron chi connectivity index (χ0n) is 13.0. The number of sulfonamides is 1. The summed E-state index contributed by atoms with van der Waals surface area (Å²) < 4.78 is 31.7. The molecule has 7 heteroatoms. The Bertz CT molecular complexity index is 692. The van der Waals surface area contributed by atoms with Gasteiger partial charge in [-0.15, -0.1) is 6.42 Å². The van der Waals surface area contributed by atoms with Gasteiger partial charge in [0, 0.05) is 18.7 Å². The Balaban J connectivity index is 2.10. The summed E-state index contributed by atoms with van der Waals surface area (Å²) in [5.41, 5.74) is 0.456. The molecule has 1 fully saturated rings. The number of morpholine rings is 1. The fourth-order valence-corrected chi connectivity index (χ4v) is 3.26. The molecule has 6 nitrogen and oxygen atoms in total. The molecule has 1 amide bonds. The van der Waals surface area contributed by atoms with Gasteiger partial charge in [-0.3, -0.25) is 4.79 Å². The summed E-state index contributed by atoms with van der Waals surface area (Å²) in [5, 5.41) is 0. The Morgan fingerprint density at radius 2 is 2.13 bits per heavy atom. The van der Waals surface area contributed by atoms with Crippen molar-refractivity contribution in [2.24, 2.45) is 0 Å². The van der Waals surface area contributed by atoms with Crippen molar-refractivity contribution in [2.45, 2.75) is 24.3 Å². The second kappa shape index (κ2) is 7.59. The lowest BCUT2D eigenvalue weighted by Gasteiger charge is -2.32. The molecule has 0 radical (unpaired) electrons. The van der Waals surface area contributed by atoms with E-state index in [-0.39, 0.29) is 23.5 Å². The quantitative estimate of drug-likeness (QED) is 0.809. The fourth-order valence-electron chi connectivity index (χ4n) is 2.33. The summed E-state index contributed by atoms with van der Waals surface area (Å²) >= 11 is 0. The molecule has 0 spiro atoms. The average molecular weight is 336 g/mol. The van der Waals surface area contributed by atoms with E-state index in [1.165, 1.54) is 24.3 Å². The number of rotatable bonds is 5.